The zero-order valence-corrected chi connectivity index (χ0v) is 12.1. The summed E-state index contributed by atoms with van der Waals surface area (Å²) < 4.78 is 0. The molecule has 1 saturated carbocycles. The van der Waals surface area contributed by atoms with Crippen molar-refractivity contribution in [3.8, 4) is 0 Å². The van der Waals surface area contributed by atoms with E-state index in [0.29, 0.717) is 0 Å². The Labute approximate surface area is 113 Å². The molecule has 0 atom stereocenters. The lowest BCUT2D eigenvalue weighted by molar-refractivity contribution is 0.231. The third-order valence-corrected chi connectivity index (χ3v) is 4.77. The van der Waals surface area contributed by atoms with Crippen LogP contribution < -0.4 is 4.90 Å². The Morgan fingerprint density at radius 3 is 2.50 bits per heavy atom. The molecule has 2 fully saturated rings. The van der Waals surface area contributed by atoms with E-state index in [1.807, 2.05) is 11.3 Å². The van der Waals surface area contributed by atoms with Gasteiger partial charge in [-0.1, -0.05) is 25.2 Å². The highest BCUT2D eigenvalue weighted by molar-refractivity contribution is 7.15. The van der Waals surface area contributed by atoms with E-state index in [4.69, 9.17) is 0 Å². The summed E-state index contributed by atoms with van der Waals surface area (Å²) in [5.74, 6) is 1.50. The van der Waals surface area contributed by atoms with Crippen LogP contribution in [0.1, 0.15) is 37.6 Å². The number of piperazine rings is 1. The summed E-state index contributed by atoms with van der Waals surface area (Å²) in [6.45, 7) is 10.3. The fourth-order valence-corrected chi connectivity index (χ4v) is 3.55. The normalized spacial score (nSPS) is 21.8. The molecule has 0 aromatic carbocycles. The van der Waals surface area contributed by atoms with E-state index in [1.165, 1.54) is 24.4 Å². The van der Waals surface area contributed by atoms with Crippen LogP contribution in [0, 0.1) is 5.92 Å². The van der Waals surface area contributed by atoms with Crippen molar-refractivity contribution in [2.45, 2.75) is 32.6 Å². The first-order valence-electron chi connectivity index (χ1n) is 7.03. The molecular formula is C13H22N4S. The molecule has 0 unspecified atom stereocenters. The lowest BCUT2D eigenvalue weighted by Crippen LogP contribution is -2.47. The maximum atomic E-state index is 4.36. The highest BCUT2D eigenvalue weighted by atomic mass is 32.1. The number of anilines is 1. The lowest BCUT2D eigenvalue weighted by atomic mass is 10.2. The number of aromatic nitrogens is 2. The Morgan fingerprint density at radius 1 is 1.17 bits per heavy atom. The van der Waals surface area contributed by atoms with Crippen LogP contribution in [0.5, 0.6) is 0 Å². The third-order valence-electron chi connectivity index (χ3n) is 3.62. The molecule has 5 heteroatoms. The molecule has 0 radical (unpaired) electrons. The van der Waals surface area contributed by atoms with E-state index in [1.54, 1.807) is 0 Å². The Kier molecular flexibility index (Phi) is 3.52. The van der Waals surface area contributed by atoms with Crippen molar-refractivity contribution < 1.29 is 0 Å². The molecule has 2 heterocycles. The molecule has 100 valence electrons. The van der Waals surface area contributed by atoms with Crippen LogP contribution in [0.4, 0.5) is 5.13 Å². The summed E-state index contributed by atoms with van der Waals surface area (Å²) in [6, 6.07) is 0. The summed E-state index contributed by atoms with van der Waals surface area (Å²) >= 11 is 1.81. The van der Waals surface area contributed by atoms with E-state index in [-0.39, 0.29) is 0 Å². The molecule has 1 aliphatic carbocycles. The fourth-order valence-electron chi connectivity index (χ4n) is 2.49. The monoisotopic (exact) mass is 266 g/mol. The third kappa shape index (κ3) is 2.83. The van der Waals surface area contributed by atoms with Gasteiger partial charge in [0.25, 0.3) is 0 Å². The van der Waals surface area contributed by atoms with Gasteiger partial charge in [-0.3, -0.25) is 4.90 Å². The lowest BCUT2D eigenvalue weighted by Gasteiger charge is -2.35. The van der Waals surface area contributed by atoms with Gasteiger partial charge in [-0.25, -0.2) is 0 Å². The summed E-state index contributed by atoms with van der Waals surface area (Å²) in [5.41, 5.74) is 0. The van der Waals surface area contributed by atoms with Gasteiger partial charge in [-0.05, 0) is 18.8 Å². The summed E-state index contributed by atoms with van der Waals surface area (Å²) in [7, 11) is 0. The quantitative estimate of drug-likeness (QED) is 0.836. The molecule has 0 spiro atoms. The molecule has 1 aliphatic heterocycles. The predicted octanol–water partition coefficient (Wildman–Crippen LogP) is 2.19. The van der Waals surface area contributed by atoms with E-state index in [2.05, 4.69) is 33.8 Å². The summed E-state index contributed by atoms with van der Waals surface area (Å²) in [6.07, 6.45) is 2.63. The first-order chi connectivity index (χ1) is 8.72. The van der Waals surface area contributed by atoms with Crippen molar-refractivity contribution in [3.05, 3.63) is 5.01 Å². The van der Waals surface area contributed by atoms with Gasteiger partial charge in [-0.15, -0.1) is 10.2 Å². The van der Waals surface area contributed by atoms with Crippen molar-refractivity contribution in [2.24, 2.45) is 5.92 Å². The van der Waals surface area contributed by atoms with Gasteiger partial charge < -0.3 is 4.90 Å². The molecule has 1 saturated heterocycles. The molecule has 18 heavy (non-hydrogen) atoms. The largest absolute Gasteiger partial charge is 0.344 e. The maximum Gasteiger partial charge on any atom is 0.208 e. The van der Waals surface area contributed by atoms with Gasteiger partial charge in [0, 0.05) is 38.6 Å². The zero-order chi connectivity index (χ0) is 12.5. The Balaban J connectivity index is 1.54. The zero-order valence-electron chi connectivity index (χ0n) is 11.3. The van der Waals surface area contributed by atoms with Gasteiger partial charge in [0.2, 0.25) is 5.13 Å². The van der Waals surface area contributed by atoms with Crippen LogP contribution in [0.3, 0.4) is 0 Å². The number of nitrogens with zero attached hydrogens (tertiary/aromatic N) is 4. The van der Waals surface area contributed by atoms with Gasteiger partial charge in [0.05, 0.1) is 0 Å². The molecule has 2 aliphatic rings. The molecule has 0 amide bonds. The molecule has 1 aromatic rings. The topological polar surface area (TPSA) is 32.3 Å². The van der Waals surface area contributed by atoms with E-state index >= 15 is 0 Å². The number of hydrogen-bond donors (Lipinski definition) is 0. The second kappa shape index (κ2) is 5.13. The maximum absolute atomic E-state index is 4.36. The van der Waals surface area contributed by atoms with E-state index < -0.39 is 0 Å². The van der Waals surface area contributed by atoms with Crippen LogP contribution >= 0.6 is 11.3 Å². The van der Waals surface area contributed by atoms with Crippen molar-refractivity contribution in [3.63, 3.8) is 0 Å². The van der Waals surface area contributed by atoms with Gasteiger partial charge in [-0.2, -0.15) is 0 Å². The van der Waals surface area contributed by atoms with Crippen molar-refractivity contribution in [2.75, 3.05) is 37.6 Å². The summed E-state index contributed by atoms with van der Waals surface area (Å²) in [5, 5.41) is 11.1. The van der Waals surface area contributed by atoms with Crippen LogP contribution in [-0.2, 0) is 0 Å². The smallest absolute Gasteiger partial charge is 0.208 e. The molecule has 1 aromatic heterocycles. The minimum Gasteiger partial charge on any atom is -0.344 e. The van der Waals surface area contributed by atoms with Crippen LogP contribution in [0.25, 0.3) is 0 Å². The standard InChI is InChI=1S/C13H22N4S/c1-10(2)9-16-5-7-17(8-6-16)13-15-14-12(18-13)11-3-4-11/h10-11H,3-9H2,1-2H3. The van der Waals surface area contributed by atoms with Crippen LogP contribution in [0.15, 0.2) is 0 Å². The van der Waals surface area contributed by atoms with E-state index in [9.17, 15) is 0 Å². The van der Waals surface area contributed by atoms with Crippen molar-refractivity contribution in [1.82, 2.24) is 15.1 Å². The first kappa shape index (κ1) is 12.4. The first-order valence-corrected chi connectivity index (χ1v) is 7.84. The highest BCUT2D eigenvalue weighted by Gasteiger charge is 2.29. The number of hydrogen-bond acceptors (Lipinski definition) is 5. The second-order valence-corrected chi connectivity index (χ2v) is 6.87. The second-order valence-electron chi connectivity index (χ2n) is 5.88. The Bertz CT molecular complexity index is 391. The van der Waals surface area contributed by atoms with Crippen LogP contribution in [-0.4, -0.2) is 47.8 Å². The molecular weight excluding hydrogens is 244 g/mol. The number of rotatable bonds is 4. The Morgan fingerprint density at radius 2 is 1.89 bits per heavy atom. The summed E-state index contributed by atoms with van der Waals surface area (Å²) in [4.78, 5) is 4.96. The SMILES string of the molecule is CC(C)CN1CCN(c2nnc(C3CC3)s2)CC1. The van der Waals surface area contributed by atoms with Crippen LogP contribution in [0.2, 0.25) is 0 Å². The van der Waals surface area contributed by atoms with E-state index in [0.717, 1.165) is 43.1 Å². The van der Waals surface area contributed by atoms with Crippen molar-refractivity contribution in [1.29, 1.82) is 0 Å². The highest BCUT2D eigenvalue weighted by Crippen LogP contribution is 2.42. The molecule has 4 nitrogen and oxygen atoms in total. The average molecular weight is 266 g/mol. The van der Waals surface area contributed by atoms with Gasteiger partial charge in [0.1, 0.15) is 5.01 Å². The Hall–Kier alpha value is -0.680. The van der Waals surface area contributed by atoms with Gasteiger partial charge in [0.15, 0.2) is 0 Å². The molecule has 0 bridgehead atoms. The van der Waals surface area contributed by atoms with Gasteiger partial charge >= 0.3 is 0 Å². The average Bonchev–Trinajstić information content (AvgIpc) is 3.08. The fraction of sp³-hybridized carbons (Fsp3) is 0.846. The predicted molar refractivity (Wildman–Crippen MR) is 75.4 cm³/mol. The minimum atomic E-state index is 0.735. The molecule has 3 rings (SSSR count). The molecule has 0 N–H and O–H groups in total. The minimum absolute atomic E-state index is 0.735. The van der Waals surface area contributed by atoms with Crippen molar-refractivity contribution >= 4 is 16.5 Å².